The quantitative estimate of drug-likeness (QED) is 0.0117. The summed E-state index contributed by atoms with van der Waals surface area (Å²) in [6, 6.07) is 1.24. The maximum atomic E-state index is 12.8. The number of carbonyl (C=O) groups is 2. The fourth-order valence-corrected chi connectivity index (χ4v) is 9.10. The van der Waals surface area contributed by atoms with E-state index in [1.54, 1.807) is 12.2 Å². The highest BCUT2D eigenvalue weighted by Gasteiger charge is 2.46. The minimum absolute atomic E-state index is 0.0269. The Balaban J connectivity index is 1.87. The Kier molecular flexibility index (Phi) is 35.0. The average molecular weight is 1070 g/mol. The molecule has 19 nitrogen and oxygen atoms in total. The summed E-state index contributed by atoms with van der Waals surface area (Å²) >= 11 is 0. The fourth-order valence-electron chi connectivity index (χ4n) is 6.99. The monoisotopic (exact) mass is 1070 g/mol. The Labute approximate surface area is 431 Å². The number of nitrogens with two attached hydrogens (primary N) is 1. The van der Waals surface area contributed by atoms with Crippen LogP contribution in [0.25, 0.3) is 0 Å². The Hall–Kier alpha value is -4.10. The SMILES string of the molecule is CCCCC/C=C\C[C@H](O)/C=C/C=C\C/C=C\CCCC(=O)O[C@H](COC(=O)CCC/C=C\C/C=C\C/C=C\CCCCCCCC)COP(=O)(O)OP(=O)(O)OC[C@H]1O[C@@H](n2ccc(N)nc2=O)[C@H](O)[C@@H]1O. The molecule has 2 heterocycles. The van der Waals surface area contributed by atoms with Crippen LogP contribution >= 0.6 is 15.6 Å². The number of allylic oxidation sites excluding steroid dienone is 12. The predicted molar refractivity (Wildman–Crippen MR) is 281 cm³/mol. The normalized spacial score (nSPS) is 20.1. The lowest BCUT2D eigenvalue weighted by molar-refractivity contribution is -0.161. The van der Waals surface area contributed by atoms with Crippen LogP contribution in [0, 0.1) is 0 Å². The summed E-state index contributed by atoms with van der Waals surface area (Å²) in [5.41, 5.74) is 4.57. The van der Waals surface area contributed by atoms with Gasteiger partial charge in [-0.05, 0) is 83.1 Å². The number of nitrogen functional groups attached to an aromatic ring is 1. The standard InChI is InChI=1S/C52H83N3O16P2/c1-3-5-7-9-11-12-13-14-15-16-17-18-19-20-24-28-32-36-47(57)66-40-44(69-48(58)37-33-29-25-22-21-23-27-31-35-43(56)34-30-26-10-8-6-4-2)41-67-72(62,63)71-73(64,65)68-42-45-49(59)50(60)51(70-45)55-39-38-46(53)54-52(55)61/h14-15,17-18,20,22-27,30-31,35,38-39,43-45,49-51,56,59-60H,3-13,16,19,21,28-29,32-34,36-37,40-42H2,1-2H3,(H,62,63)(H,64,65)(H2,53,54,61)/b15-14-,18-17-,24-20-,25-22-,27-23-,30-26-,35-31+/t43-,44+,45+,49+,50+,51+/m0/s1. The van der Waals surface area contributed by atoms with E-state index in [0.29, 0.717) is 38.5 Å². The van der Waals surface area contributed by atoms with Crippen molar-refractivity contribution in [3.05, 3.63) is 108 Å². The van der Waals surface area contributed by atoms with E-state index in [4.69, 9.17) is 29.0 Å². The van der Waals surface area contributed by atoms with E-state index in [1.807, 2.05) is 42.5 Å². The number of phosphoric ester groups is 2. The van der Waals surface area contributed by atoms with Crippen molar-refractivity contribution in [2.75, 3.05) is 25.6 Å². The van der Waals surface area contributed by atoms with Gasteiger partial charge in [0.2, 0.25) is 0 Å². The van der Waals surface area contributed by atoms with Crippen LogP contribution in [0.1, 0.15) is 155 Å². The molecule has 0 saturated carbocycles. The van der Waals surface area contributed by atoms with Crippen molar-refractivity contribution in [1.29, 1.82) is 0 Å². The minimum Gasteiger partial charge on any atom is -0.462 e. The molecule has 1 saturated heterocycles. The Morgan fingerprint density at radius 2 is 1.27 bits per heavy atom. The largest absolute Gasteiger partial charge is 0.481 e. The fraction of sp³-hybridized carbons (Fsp3) is 0.615. The van der Waals surface area contributed by atoms with E-state index in [0.717, 1.165) is 42.9 Å². The number of nitrogens with zero attached hydrogens (tertiary/aromatic N) is 2. The topological polar surface area (TPSA) is 286 Å². The molecule has 0 bridgehead atoms. The molecule has 412 valence electrons. The molecule has 2 rings (SSSR count). The van der Waals surface area contributed by atoms with Crippen molar-refractivity contribution in [2.24, 2.45) is 0 Å². The lowest BCUT2D eigenvalue weighted by Gasteiger charge is -2.21. The molecule has 7 N–H and O–H groups in total. The van der Waals surface area contributed by atoms with Crippen molar-refractivity contribution in [3.8, 4) is 0 Å². The molecule has 0 aliphatic carbocycles. The molecule has 0 aromatic carbocycles. The van der Waals surface area contributed by atoms with Crippen LogP contribution in [-0.4, -0.2) is 96.9 Å². The second-order valence-corrected chi connectivity index (χ2v) is 20.6. The van der Waals surface area contributed by atoms with Gasteiger partial charge in [0.1, 0.15) is 30.7 Å². The van der Waals surface area contributed by atoms with Gasteiger partial charge in [-0.3, -0.25) is 23.2 Å². The number of aliphatic hydroxyl groups excluding tert-OH is 3. The van der Waals surface area contributed by atoms with Gasteiger partial charge in [0.15, 0.2) is 12.3 Å². The predicted octanol–water partition coefficient (Wildman–Crippen LogP) is 9.64. The number of unbranched alkanes of at least 4 members (excludes halogenated alkanes) is 11. The van der Waals surface area contributed by atoms with Crippen LogP contribution in [0.15, 0.2) is 102 Å². The summed E-state index contributed by atoms with van der Waals surface area (Å²) in [4.78, 5) is 61.9. The Bertz CT molecular complexity index is 2070. The zero-order valence-electron chi connectivity index (χ0n) is 42.8. The second kappa shape index (κ2) is 39.3. The number of aliphatic hydroxyl groups is 3. The van der Waals surface area contributed by atoms with E-state index >= 15 is 0 Å². The molecule has 0 spiro atoms. The van der Waals surface area contributed by atoms with E-state index in [2.05, 4.69) is 53.5 Å². The van der Waals surface area contributed by atoms with Crippen molar-refractivity contribution < 1.29 is 71.4 Å². The smallest absolute Gasteiger partial charge is 0.462 e. The lowest BCUT2D eigenvalue weighted by Crippen LogP contribution is -2.36. The Morgan fingerprint density at radius 3 is 1.93 bits per heavy atom. The van der Waals surface area contributed by atoms with Crippen molar-refractivity contribution in [2.45, 2.75) is 185 Å². The van der Waals surface area contributed by atoms with Gasteiger partial charge in [-0.15, -0.1) is 0 Å². The van der Waals surface area contributed by atoms with Gasteiger partial charge in [0, 0.05) is 19.0 Å². The highest BCUT2D eigenvalue weighted by atomic mass is 31.3. The van der Waals surface area contributed by atoms with E-state index in [9.17, 15) is 48.6 Å². The molecule has 1 fully saturated rings. The Morgan fingerprint density at radius 1 is 0.726 bits per heavy atom. The lowest BCUT2D eigenvalue weighted by atomic mass is 10.1. The third kappa shape index (κ3) is 32.1. The van der Waals surface area contributed by atoms with Crippen LogP contribution in [0.2, 0.25) is 0 Å². The number of ether oxygens (including phenoxy) is 3. The van der Waals surface area contributed by atoms with Crippen molar-refractivity contribution in [1.82, 2.24) is 9.55 Å². The maximum absolute atomic E-state index is 12.8. The summed E-state index contributed by atoms with van der Waals surface area (Å²) in [6.45, 7) is 1.93. The highest BCUT2D eigenvalue weighted by Crippen LogP contribution is 2.60. The average Bonchev–Trinajstić information content (AvgIpc) is 3.62. The van der Waals surface area contributed by atoms with Crippen LogP contribution in [0.4, 0.5) is 5.82 Å². The first-order chi connectivity index (χ1) is 35.1. The third-order valence-corrected chi connectivity index (χ3v) is 13.6. The number of hydrogen-bond acceptors (Lipinski definition) is 16. The minimum atomic E-state index is -5.46. The third-order valence-electron chi connectivity index (χ3n) is 11.0. The number of rotatable bonds is 41. The summed E-state index contributed by atoms with van der Waals surface area (Å²) in [5.74, 6) is -1.48. The van der Waals surface area contributed by atoms with Gasteiger partial charge in [0.05, 0.1) is 19.3 Å². The summed E-state index contributed by atoms with van der Waals surface area (Å²) < 4.78 is 56.6. The van der Waals surface area contributed by atoms with Gasteiger partial charge < -0.3 is 45.1 Å². The molecule has 73 heavy (non-hydrogen) atoms. The van der Waals surface area contributed by atoms with Crippen LogP contribution in [0.5, 0.6) is 0 Å². The summed E-state index contributed by atoms with van der Waals surface area (Å²) in [6.07, 6.45) is 38.5. The number of carbonyl (C=O) groups excluding carboxylic acids is 2. The molecule has 0 radical (unpaired) electrons. The molecule has 21 heteroatoms. The molecule has 1 aliphatic rings. The zero-order chi connectivity index (χ0) is 53.6. The molecular formula is C52H83N3O16P2. The van der Waals surface area contributed by atoms with Crippen molar-refractivity contribution in [3.63, 3.8) is 0 Å². The molecule has 1 aromatic heterocycles. The molecule has 8 atom stereocenters. The van der Waals surface area contributed by atoms with Crippen LogP contribution in [0.3, 0.4) is 0 Å². The van der Waals surface area contributed by atoms with Crippen LogP contribution in [-0.2, 0) is 46.3 Å². The first-order valence-corrected chi connectivity index (χ1v) is 28.7. The van der Waals surface area contributed by atoms with Gasteiger partial charge >= 0.3 is 33.3 Å². The summed E-state index contributed by atoms with van der Waals surface area (Å²) in [5, 5.41) is 31.0. The number of hydrogen-bond donors (Lipinski definition) is 6. The first kappa shape index (κ1) is 65.0. The van der Waals surface area contributed by atoms with E-state index in [1.165, 1.54) is 57.4 Å². The zero-order valence-corrected chi connectivity index (χ0v) is 44.6. The van der Waals surface area contributed by atoms with Gasteiger partial charge in [-0.25, -0.2) is 13.9 Å². The number of aromatic nitrogens is 2. The molecular weight excluding hydrogens is 985 g/mol. The number of anilines is 1. The van der Waals surface area contributed by atoms with E-state index in [-0.39, 0.29) is 18.7 Å². The van der Waals surface area contributed by atoms with Crippen LogP contribution < -0.4 is 11.4 Å². The number of phosphoric acid groups is 2. The first-order valence-electron chi connectivity index (χ1n) is 25.7. The highest BCUT2D eigenvalue weighted by molar-refractivity contribution is 7.61. The molecule has 0 amide bonds. The number of esters is 2. The summed E-state index contributed by atoms with van der Waals surface area (Å²) in [7, 11) is -10.9. The maximum Gasteiger partial charge on any atom is 0.481 e. The van der Waals surface area contributed by atoms with Crippen molar-refractivity contribution >= 4 is 33.4 Å². The molecule has 1 aromatic rings. The van der Waals surface area contributed by atoms with E-state index < -0.39 is 89.8 Å². The van der Waals surface area contributed by atoms with Gasteiger partial charge in [0.25, 0.3) is 0 Å². The molecule has 1 aliphatic heterocycles. The van der Waals surface area contributed by atoms with Gasteiger partial charge in [-0.2, -0.15) is 9.29 Å². The second-order valence-electron chi connectivity index (χ2n) is 17.5. The van der Waals surface area contributed by atoms with Gasteiger partial charge in [-0.1, -0.05) is 144 Å². The molecule has 2 unspecified atom stereocenters.